The van der Waals surface area contributed by atoms with Crippen molar-refractivity contribution in [3.8, 4) is 0 Å². The van der Waals surface area contributed by atoms with Gasteiger partial charge in [0.15, 0.2) is 0 Å². The Balaban J connectivity index is 1.83. The molecule has 6 nitrogen and oxygen atoms in total. The van der Waals surface area contributed by atoms with Crippen LogP contribution in [-0.2, 0) is 6.54 Å². The standard InChI is InChI=1S/C9H12N6/c1-8-2-3-10-9(13-8)11-4-6-15-7-5-12-14-15/h2-3,5,7H,4,6H2,1H3,(H,10,11,13). The predicted octanol–water partition coefficient (Wildman–Crippen LogP) is 0.489. The van der Waals surface area contributed by atoms with Crippen molar-refractivity contribution in [3.05, 3.63) is 30.4 Å². The Hall–Kier alpha value is -1.98. The molecule has 0 aliphatic rings. The van der Waals surface area contributed by atoms with Gasteiger partial charge in [-0.1, -0.05) is 5.21 Å². The molecule has 15 heavy (non-hydrogen) atoms. The van der Waals surface area contributed by atoms with Crippen molar-refractivity contribution in [1.29, 1.82) is 0 Å². The number of nitrogens with one attached hydrogen (secondary N) is 1. The average Bonchev–Trinajstić information content (AvgIpc) is 2.71. The Morgan fingerprint density at radius 3 is 3.07 bits per heavy atom. The summed E-state index contributed by atoms with van der Waals surface area (Å²) < 4.78 is 1.75. The van der Waals surface area contributed by atoms with Crippen LogP contribution >= 0.6 is 0 Å². The van der Waals surface area contributed by atoms with Crippen LogP contribution in [0.25, 0.3) is 0 Å². The third-order valence-corrected chi connectivity index (χ3v) is 1.89. The first-order valence-electron chi connectivity index (χ1n) is 4.72. The van der Waals surface area contributed by atoms with Gasteiger partial charge in [-0.05, 0) is 13.0 Å². The fraction of sp³-hybridized carbons (Fsp3) is 0.333. The molecule has 0 amide bonds. The van der Waals surface area contributed by atoms with E-state index in [9.17, 15) is 0 Å². The SMILES string of the molecule is Cc1ccnc(NCCn2ccnn2)n1. The molecule has 2 aromatic rings. The monoisotopic (exact) mass is 204 g/mol. The zero-order valence-corrected chi connectivity index (χ0v) is 8.46. The lowest BCUT2D eigenvalue weighted by atomic mass is 10.5. The first kappa shape index (κ1) is 9.57. The smallest absolute Gasteiger partial charge is 0.222 e. The molecule has 2 aromatic heterocycles. The van der Waals surface area contributed by atoms with Crippen molar-refractivity contribution in [2.24, 2.45) is 0 Å². The van der Waals surface area contributed by atoms with Gasteiger partial charge in [0, 0.05) is 24.6 Å². The van der Waals surface area contributed by atoms with E-state index in [2.05, 4.69) is 25.6 Å². The van der Waals surface area contributed by atoms with Crippen LogP contribution < -0.4 is 5.32 Å². The Kier molecular flexibility index (Phi) is 2.87. The minimum absolute atomic E-state index is 0.648. The van der Waals surface area contributed by atoms with Crippen LogP contribution in [0.1, 0.15) is 5.69 Å². The number of hydrogen-bond donors (Lipinski definition) is 1. The minimum atomic E-state index is 0.648. The molecule has 0 unspecified atom stereocenters. The molecule has 2 heterocycles. The molecule has 0 saturated heterocycles. The van der Waals surface area contributed by atoms with E-state index in [1.54, 1.807) is 17.1 Å². The van der Waals surface area contributed by atoms with Crippen molar-refractivity contribution in [3.63, 3.8) is 0 Å². The second-order valence-electron chi connectivity index (χ2n) is 3.11. The summed E-state index contributed by atoms with van der Waals surface area (Å²) in [5, 5.41) is 10.7. The summed E-state index contributed by atoms with van der Waals surface area (Å²) in [5.74, 6) is 0.648. The largest absolute Gasteiger partial charge is 0.352 e. The lowest BCUT2D eigenvalue weighted by Gasteiger charge is -2.04. The van der Waals surface area contributed by atoms with Gasteiger partial charge in [0.1, 0.15) is 0 Å². The third-order valence-electron chi connectivity index (χ3n) is 1.89. The van der Waals surface area contributed by atoms with Gasteiger partial charge in [-0.2, -0.15) is 0 Å². The number of hydrogen-bond acceptors (Lipinski definition) is 5. The normalized spacial score (nSPS) is 10.2. The van der Waals surface area contributed by atoms with Crippen LogP contribution in [0, 0.1) is 6.92 Å². The maximum absolute atomic E-state index is 4.22. The molecular formula is C9H12N6. The van der Waals surface area contributed by atoms with Gasteiger partial charge >= 0.3 is 0 Å². The fourth-order valence-electron chi connectivity index (χ4n) is 1.17. The van der Waals surface area contributed by atoms with Crippen molar-refractivity contribution in [1.82, 2.24) is 25.0 Å². The Bertz CT molecular complexity index is 410. The molecule has 1 N–H and O–H groups in total. The van der Waals surface area contributed by atoms with E-state index in [1.165, 1.54) is 0 Å². The van der Waals surface area contributed by atoms with Gasteiger partial charge in [0.25, 0.3) is 0 Å². The number of aromatic nitrogens is 5. The average molecular weight is 204 g/mol. The van der Waals surface area contributed by atoms with Crippen molar-refractivity contribution >= 4 is 5.95 Å². The first-order valence-corrected chi connectivity index (χ1v) is 4.72. The predicted molar refractivity (Wildman–Crippen MR) is 55.3 cm³/mol. The summed E-state index contributed by atoms with van der Waals surface area (Å²) in [7, 11) is 0. The first-order chi connectivity index (χ1) is 7.34. The summed E-state index contributed by atoms with van der Waals surface area (Å²) in [6.45, 7) is 3.41. The number of anilines is 1. The molecule has 0 radical (unpaired) electrons. The fourth-order valence-corrected chi connectivity index (χ4v) is 1.17. The summed E-state index contributed by atoms with van der Waals surface area (Å²) in [5.41, 5.74) is 0.952. The summed E-state index contributed by atoms with van der Waals surface area (Å²) >= 11 is 0. The third kappa shape index (κ3) is 2.73. The van der Waals surface area contributed by atoms with E-state index in [1.807, 2.05) is 19.2 Å². The molecule has 0 atom stereocenters. The molecule has 78 valence electrons. The lowest BCUT2D eigenvalue weighted by molar-refractivity contribution is 0.607. The van der Waals surface area contributed by atoms with Crippen molar-refractivity contribution < 1.29 is 0 Å². The van der Waals surface area contributed by atoms with Gasteiger partial charge in [-0.25, -0.2) is 9.97 Å². The summed E-state index contributed by atoms with van der Waals surface area (Å²) in [6.07, 6.45) is 5.21. The summed E-state index contributed by atoms with van der Waals surface area (Å²) in [4.78, 5) is 8.32. The van der Waals surface area contributed by atoms with Crippen LogP contribution in [0.2, 0.25) is 0 Å². The van der Waals surface area contributed by atoms with E-state index in [0.29, 0.717) is 5.95 Å². The second-order valence-corrected chi connectivity index (χ2v) is 3.11. The molecule has 0 aromatic carbocycles. The zero-order valence-electron chi connectivity index (χ0n) is 8.46. The molecule has 2 rings (SSSR count). The molecule has 0 fully saturated rings. The number of nitrogens with zero attached hydrogens (tertiary/aromatic N) is 5. The molecule has 6 heteroatoms. The molecular weight excluding hydrogens is 192 g/mol. The van der Waals surface area contributed by atoms with E-state index in [4.69, 9.17) is 0 Å². The van der Waals surface area contributed by atoms with E-state index in [0.717, 1.165) is 18.8 Å². The van der Waals surface area contributed by atoms with Crippen LogP contribution in [0.4, 0.5) is 5.95 Å². The Morgan fingerprint density at radius 2 is 2.33 bits per heavy atom. The van der Waals surface area contributed by atoms with E-state index in [-0.39, 0.29) is 0 Å². The van der Waals surface area contributed by atoms with Gasteiger partial charge in [0.2, 0.25) is 5.95 Å². The van der Waals surface area contributed by atoms with Crippen LogP contribution in [0.15, 0.2) is 24.7 Å². The highest BCUT2D eigenvalue weighted by Crippen LogP contribution is 1.97. The van der Waals surface area contributed by atoms with Crippen LogP contribution in [0.3, 0.4) is 0 Å². The van der Waals surface area contributed by atoms with Crippen LogP contribution in [-0.4, -0.2) is 31.5 Å². The highest BCUT2D eigenvalue weighted by atomic mass is 15.4. The van der Waals surface area contributed by atoms with Crippen LogP contribution in [0.5, 0.6) is 0 Å². The topological polar surface area (TPSA) is 68.5 Å². The number of aryl methyl sites for hydroxylation is 1. The van der Waals surface area contributed by atoms with Crippen molar-refractivity contribution in [2.75, 3.05) is 11.9 Å². The quantitative estimate of drug-likeness (QED) is 0.784. The van der Waals surface area contributed by atoms with Gasteiger partial charge < -0.3 is 5.32 Å². The van der Waals surface area contributed by atoms with E-state index < -0.39 is 0 Å². The minimum Gasteiger partial charge on any atom is -0.352 e. The highest BCUT2D eigenvalue weighted by molar-refractivity contribution is 5.24. The van der Waals surface area contributed by atoms with Crippen molar-refractivity contribution in [2.45, 2.75) is 13.5 Å². The van der Waals surface area contributed by atoms with E-state index >= 15 is 0 Å². The Morgan fingerprint density at radius 1 is 1.40 bits per heavy atom. The van der Waals surface area contributed by atoms with Gasteiger partial charge in [-0.15, -0.1) is 5.10 Å². The summed E-state index contributed by atoms with van der Waals surface area (Å²) in [6, 6.07) is 1.86. The highest BCUT2D eigenvalue weighted by Gasteiger charge is 1.95. The molecule has 0 spiro atoms. The second kappa shape index (κ2) is 4.50. The number of rotatable bonds is 4. The zero-order chi connectivity index (χ0) is 10.5. The maximum Gasteiger partial charge on any atom is 0.222 e. The van der Waals surface area contributed by atoms with Gasteiger partial charge in [-0.3, -0.25) is 4.68 Å². The maximum atomic E-state index is 4.22. The Labute approximate surface area is 87.4 Å². The molecule has 0 bridgehead atoms. The molecule has 0 saturated carbocycles. The van der Waals surface area contributed by atoms with Gasteiger partial charge in [0.05, 0.1) is 12.7 Å². The lowest BCUT2D eigenvalue weighted by Crippen LogP contribution is -2.12. The molecule has 0 aliphatic heterocycles. The molecule has 0 aliphatic carbocycles.